The van der Waals surface area contributed by atoms with Crippen LogP contribution in [0, 0.1) is 6.92 Å². The minimum Gasteiger partial charge on any atom is -0.301 e. The van der Waals surface area contributed by atoms with Gasteiger partial charge in [-0.05, 0) is 50.6 Å². The molecule has 0 aromatic heterocycles. The molecule has 4 nitrogen and oxygen atoms in total. The zero-order valence-electron chi connectivity index (χ0n) is 14.7. The normalized spacial score (nSPS) is 17.3. The number of rotatable bonds is 6. The fourth-order valence-corrected chi connectivity index (χ4v) is 4.48. The third-order valence-electron chi connectivity index (χ3n) is 4.72. The van der Waals surface area contributed by atoms with E-state index in [1.807, 2.05) is 49.4 Å². The van der Waals surface area contributed by atoms with Gasteiger partial charge in [0.05, 0.1) is 10.9 Å². The van der Waals surface area contributed by atoms with E-state index < -0.39 is 10.0 Å². The largest absolute Gasteiger partial charge is 0.301 e. The molecule has 0 radical (unpaired) electrons. The Balaban J connectivity index is 1.82. The summed E-state index contributed by atoms with van der Waals surface area (Å²) in [6, 6.07) is 16.6. The summed E-state index contributed by atoms with van der Waals surface area (Å²) in [6.45, 7) is 4.73. The number of likely N-dealkylation sites (tertiary alicyclic amines) is 1. The number of hydrogen-bond donors (Lipinski definition) is 1. The number of hydrogen-bond acceptors (Lipinski definition) is 3. The van der Waals surface area contributed by atoms with Crippen molar-refractivity contribution in [3.63, 3.8) is 0 Å². The van der Waals surface area contributed by atoms with Gasteiger partial charge in [0, 0.05) is 6.54 Å². The van der Waals surface area contributed by atoms with Gasteiger partial charge in [-0.2, -0.15) is 0 Å². The van der Waals surface area contributed by atoms with Crippen molar-refractivity contribution in [2.24, 2.45) is 0 Å². The molecule has 3 rings (SSSR count). The third-order valence-corrected chi connectivity index (χ3v) is 6.21. The molecular formula is C20H26N2O2S. The highest BCUT2D eigenvalue weighted by Crippen LogP contribution is 2.21. The van der Waals surface area contributed by atoms with Gasteiger partial charge < -0.3 is 4.90 Å². The first-order chi connectivity index (χ1) is 12.0. The van der Waals surface area contributed by atoms with E-state index in [-0.39, 0.29) is 6.04 Å². The van der Waals surface area contributed by atoms with Crippen LogP contribution in [-0.2, 0) is 10.0 Å². The molecule has 1 saturated heterocycles. The average molecular weight is 359 g/mol. The summed E-state index contributed by atoms with van der Waals surface area (Å²) >= 11 is 0. The van der Waals surface area contributed by atoms with Crippen LogP contribution in [-0.4, -0.2) is 33.0 Å². The van der Waals surface area contributed by atoms with E-state index in [2.05, 4.69) is 9.62 Å². The molecule has 1 N–H and O–H groups in total. The molecule has 0 amide bonds. The number of aryl methyl sites for hydroxylation is 1. The van der Waals surface area contributed by atoms with Gasteiger partial charge >= 0.3 is 0 Å². The van der Waals surface area contributed by atoms with Crippen molar-refractivity contribution in [1.29, 1.82) is 0 Å². The van der Waals surface area contributed by atoms with Gasteiger partial charge in [-0.3, -0.25) is 0 Å². The van der Waals surface area contributed by atoms with E-state index in [0.717, 1.165) is 24.2 Å². The van der Waals surface area contributed by atoms with Crippen molar-refractivity contribution < 1.29 is 8.42 Å². The van der Waals surface area contributed by atoms with Crippen LogP contribution in [0.2, 0.25) is 0 Å². The average Bonchev–Trinajstić information content (AvgIpc) is 2.63. The second-order valence-corrected chi connectivity index (χ2v) is 8.47. The second-order valence-electron chi connectivity index (χ2n) is 6.76. The Morgan fingerprint density at radius 3 is 2.24 bits per heavy atom. The van der Waals surface area contributed by atoms with Gasteiger partial charge in [0.1, 0.15) is 0 Å². The molecule has 1 atom stereocenters. The molecule has 0 bridgehead atoms. The molecule has 1 fully saturated rings. The molecule has 2 aromatic carbocycles. The van der Waals surface area contributed by atoms with E-state index in [1.54, 1.807) is 12.1 Å². The van der Waals surface area contributed by atoms with Crippen LogP contribution in [0.5, 0.6) is 0 Å². The van der Waals surface area contributed by atoms with Gasteiger partial charge in [0.2, 0.25) is 10.0 Å². The van der Waals surface area contributed by atoms with Crippen LogP contribution in [0.1, 0.15) is 36.4 Å². The molecular weight excluding hydrogens is 332 g/mol. The molecule has 1 aliphatic heterocycles. The van der Waals surface area contributed by atoms with Crippen LogP contribution in [0.4, 0.5) is 0 Å². The monoisotopic (exact) mass is 358 g/mol. The van der Waals surface area contributed by atoms with Gasteiger partial charge in [-0.25, -0.2) is 13.1 Å². The Hall–Kier alpha value is -1.69. The van der Waals surface area contributed by atoms with E-state index in [0.29, 0.717) is 11.4 Å². The number of piperidine rings is 1. The smallest absolute Gasteiger partial charge is 0.241 e. The molecule has 25 heavy (non-hydrogen) atoms. The molecule has 0 spiro atoms. The summed E-state index contributed by atoms with van der Waals surface area (Å²) in [4.78, 5) is 2.68. The van der Waals surface area contributed by atoms with Crippen molar-refractivity contribution >= 4 is 10.0 Å². The first kappa shape index (κ1) is 18.1. The van der Waals surface area contributed by atoms with E-state index in [4.69, 9.17) is 0 Å². The maximum absolute atomic E-state index is 12.8. The zero-order valence-corrected chi connectivity index (χ0v) is 15.5. The van der Waals surface area contributed by atoms with Crippen LogP contribution in [0.25, 0.3) is 0 Å². The van der Waals surface area contributed by atoms with Crippen LogP contribution >= 0.6 is 0 Å². The van der Waals surface area contributed by atoms with Crippen molar-refractivity contribution in [2.45, 2.75) is 37.1 Å². The molecule has 0 saturated carbocycles. The van der Waals surface area contributed by atoms with Gasteiger partial charge in [0.25, 0.3) is 0 Å². The molecule has 134 valence electrons. The van der Waals surface area contributed by atoms with Gasteiger partial charge in [0.15, 0.2) is 0 Å². The fourth-order valence-electron chi connectivity index (χ4n) is 3.27. The summed E-state index contributed by atoms with van der Waals surface area (Å²) in [7, 11) is -3.55. The fraction of sp³-hybridized carbons (Fsp3) is 0.400. The minimum atomic E-state index is -3.55. The summed E-state index contributed by atoms with van der Waals surface area (Å²) in [5, 5.41) is 0. The Bertz CT molecular complexity index is 767. The van der Waals surface area contributed by atoms with Gasteiger partial charge in [-0.1, -0.05) is 54.4 Å². The molecule has 0 aliphatic carbocycles. The van der Waals surface area contributed by atoms with Crippen LogP contribution < -0.4 is 4.72 Å². The van der Waals surface area contributed by atoms with Crippen molar-refractivity contribution in [2.75, 3.05) is 19.6 Å². The maximum Gasteiger partial charge on any atom is 0.241 e. The summed E-state index contributed by atoms with van der Waals surface area (Å²) < 4.78 is 28.6. The minimum absolute atomic E-state index is 0.245. The number of nitrogens with one attached hydrogen (secondary N) is 1. The van der Waals surface area contributed by atoms with Crippen molar-refractivity contribution in [3.8, 4) is 0 Å². The zero-order chi connectivity index (χ0) is 17.7. The first-order valence-electron chi connectivity index (χ1n) is 8.91. The van der Waals surface area contributed by atoms with Crippen molar-refractivity contribution in [1.82, 2.24) is 9.62 Å². The first-order valence-corrected chi connectivity index (χ1v) is 10.4. The number of sulfonamides is 1. The highest BCUT2D eigenvalue weighted by Gasteiger charge is 2.24. The highest BCUT2D eigenvalue weighted by atomic mass is 32.2. The lowest BCUT2D eigenvalue weighted by molar-refractivity contribution is 0.212. The molecule has 1 aliphatic rings. The summed E-state index contributed by atoms with van der Waals surface area (Å²) in [6.07, 6.45) is 3.64. The molecule has 5 heteroatoms. The molecule has 1 heterocycles. The topological polar surface area (TPSA) is 49.4 Å². The van der Waals surface area contributed by atoms with E-state index >= 15 is 0 Å². The van der Waals surface area contributed by atoms with E-state index in [1.165, 1.54) is 19.3 Å². The third kappa shape index (κ3) is 4.91. The maximum atomic E-state index is 12.8. The lowest BCUT2D eigenvalue weighted by atomic mass is 10.1. The van der Waals surface area contributed by atoms with Crippen LogP contribution in [0.15, 0.2) is 59.5 Å². The summed E-state index contributed by atoms with van der Waals surface area (Å²) in [5.41, 5.74) is 2.05. The lowest BCUT2D eigenvalue weighted by Gasteiger charge is -2.31. The van der Waals surface area contributed by atoms with Gasteiger partial charge in [-0.15, -0.1) is 0 Å². The van der Waals surface area contributed by atoms with Crippen molar-refractivity contribution in [3.05, 3.63) is 65.7 Å². The number of nitrogens with zero attached hydrogens (tertiary/aromatic N) is 1. The predicted molar refractivity (Wildman–Crippen MR) is 101 cm³/mol. The predicted octanol–water partition coefficient (Wildman–Crippen LogP) is 3.50. The van der Waals surface area contributed by atoms with Crippen LogP contribution in [0.3, 0.4) is 0 Å². The Morgan fingerprint density at radius 1 is 0.960 bits per heavy atom. The summed E-state index contributed by atoms with van der Waals surface area (Å²) in [5.74, 6) is 0. The Kier molecular flexibility index (Phi) is 5.89. The standard InChI is InChI=1S/C20H26N2O2S/c1-17-10-12-19(13-11-17)25(23,24)21-20(18-8-4-2-5-9-18)16-22-14-6-3-7-15-22/h2,4-5,8-13,20-21H,3,6-7,14-16H2,1H3. The lowest BCUT2D eigenvalue weighted by Crippen LogP contribution is -2.40. The SMILES string of the molecule is Cc1ccc(S(=O)(=O)NC(CN2CCCCC2)c2ccccc2)cc1. The highest BCUT2D eigenvalue weighted by molar-refractivity contribution is 7.89. The second kappa shape index (κ2) is 8.13. The quantitative estimate of drug-likeness (QED) is 0.860. The molecule has 1 unspecified atom stereocenters. The van der Waals surface area contributed by atoms with E-state index in [9.17, 15) is 8.42 Å². The Morgan fingerprint density at radius 2 is 1.60 bits per heavy atom. The Labute approximate surface area is 150 Å². The number of benzene rings is 2. The molecule has 2 aromatic rings.